The molecule has 0 unspecified atom stereocenters. The number of nitrogens with zero attached hydrogens (tertiary/aromatic N) is 2. The second-order valence-electron chi connectivity index (χ2n) is 7.57. The fraction of sp³-hybridized carbons (Fsp3) is 0.160. The van der Waals surface area contributed by atoms with Crippen molar-refractivity contribution in [2.75, 3.05) is 22.8 Å². The van der Waals surface area contributed by atoms with Crippen molar-refractivity contribution in [3.05, 3.63) is 89.5 Å². The average Bonchev–Trinajstić information content (AvgIpc) is 2.83. The molecule has 0 saturated carbocycles. The summed E-state index contributed by atoms with van der Waals surface area (Å²) >= 11 is 0. The van der Waals surface area contributed by atoms with Gasteiger partial charge in [0, 0.05) is 12.2 Å². The molecule has 0 atom stereocenters. The lowest BCUT2D eigenvalue weighted by atomic mass is 10.2. The number of para-hydroxylation sites is 1. The molecule has 8 nitrogen and oxygen atoms in total. The monoisotopic (exact) mass is 513 g/mol. The molecule has 0 saturated heterocycles. The number of amides is 1. The van der Waals surface area contributed by atoms with Crippen LogP contribution >= 0.6 is 0 Å². The highest BCUT2D eigenvalue weighted by Gasteiger charge is 2.23. The number of hydrogen-bond donors (Lipinski definition) is 1. The molecule has 0 spiro atoms. The van der Waals surface area contributed by atoms with Crippen LogP contribution in [0.25, 0.3) is 0 Å². The number of esters is 1. The van der Waals surface area contributed by atoms with Crippen molar-refractivity contribution in [2.45, 2.75) is 18.2 Å². The van der Waals surface area contributed by atoms with E-state index in [1.165, 1.54) is 48.2 Å². The number of nitriles is 1. The molecule has 0 aliphatic rings. The zero-order chi connectivity index (χ0) is 26.3. The van der Waals surface area contributed by atoms with E-state index in [-0.39, 0.29) is 34.7 Å². The molecule has 0 bridgehead atoms. The van der Waals surface area contributed by atoms with E-state index in [0.717, 1.165) is 30.3 Å². The van der Waals surface area contributed by atoms with E-state index in [2.05, 4.69) is 4.72 Å². The predicted octanol–water partition coefficient (Wildman–Crippen LogP) is 4.18. The molecule has 3 aromatic rings. The summed E-state index contributed by atoms with van der Waals surface area (Å²) < 4.78 is 59.8. The van der Waals surface area contributed by atoms with Gasteiger partial charge in [-0.15, -0.1) is 0 Å². The van der Waals surface area contributed by atoms with Gasteiger partial charge in [0.2, 0.25) is 0 Å². The number of sulfonamides is 1. The second-order valence-corrected chi connectivity index (χ2v) is 9.22. The molecule has 0 aliphatic carbocycles. The quantitative estimate of drug-likeness (QED) is 0.429. The highest BCUT2D eigenvalue weighted by atomic mass is 32.2. The Labute approximate surface area is 206 Å². The van der Waals surface area contributed by atoms with E-state index < -0.39 is 40.1 Å². The third-order valence-corrected chi connectivity index (χ3v) is 6.56. The summed E-state index contributed by atoms with van der Waals surface area (Å²) in [6, 6.07) is 15.7. The van der Waals surface area contributed by atoms with E-state index in [4.69, 9.17) is 10.00 Å². The molecule has 0 heterocycles. The van der Waals surface area contributed by atoms with Crippen LogP contribution in [0.3, 0.4) is 0 Å². The minimum absolute atomic E-state index is 0.00801. The molecule has 36 heavy (non-hydrogen) atoms. The van der Waals surface area contributed by atoms with Crippen LogP contribution in [0.15, 0.2) is 71.6 Å². The predicted molar refractivity (Wildman–Crippen MR) is 128 cm³/mol. The van der Waals surface area contributed by atoms with Crippen LogP contribution in [0.5, 0.6) is 0 Å². The highest BCUT2D eigenvalue weighted by Crippen LogP contribution is 2.23. The number of hydrogen-bond acceptors (Lipinski definition) is 6. The molecule has 0 aromatic heterocycles. The van der Waals surface area contributed by atoms with Gasteiger partial charge in [-0.2, -0.15) is 5.26 Å². The van der Waals surface area contributed by atoms with Crippen molar-refractivity contribution in [3.63, 3.8) is 0 Å². The Morgan fingerprint density at radius 2 is 1.69 bits per heavy atom. The van der Waals surface area contributed by atoms with E-state index in [0.29, 0.717) is 5.69 Å². The second kappa shape index (κ2) is 11.4. The number of aryl methyl sites for hydroxylation is 1. The minimum Gasteiger partial charge on any atom is -0.452 e. The molecule has 0 fully saturated rings. The van der Waals surface area contributed by atoms with E-state index in [9.17, 15) is 26.8 Å². The van der Waals surface area contributed by atoms with Crippen molar-refractivity contribution in [2.24, 2.45) is 0 Å². The summed E-state index contributed by atoms with van der Waals surface area (Å²) in [6.07, 6.45) is -0.00945. The molecule has 186 valence electrons. The highest BCUT2D eigenvalue weighted by molar-refractivity contribution is 7.92. The number of benzene rings is 3. The Morgan fingerprint density at radius 1 is 1.03 bits per heavy atom. The molecule has 3 aromatic carbocycles. The van der Waals surface area contributed by atoms with Crippen LogP contribution in [-0.2, 0) is 19.6 Å². The van der Waals surface area contributed by atoms with Gasteiger partial charge in [-0.1, -0.05) is 12.1 Å². The fourth-order valence-electron chi connectivity index (χ4n) is 3.33. The third-order valence-electron chi connectivity index (χ3n) is 5.03. The zero-order valence-corrected chi connectivity index (χ0v) is 19.9. The molecule has 11 heteroatoms. The van der Waals surface area contributed by atoms with Gasteiger partial charge in [-0.3, -0.25) is 9.52 Å². The van der Waals surface area contributed by atoms with E-state index in [1.807, 2.05) is 6.07 Å². The lowest BCUT2D eigenvalue weighted by molar-refractivity contribution is -0.121. The van der Waals surface area contributed by atoms with Crippen LogP contribution in [0.4, 0.5) is 20.2 Å². The SMILES string of the molecule is Cc1cc(F)ccc1S(=O)(=O)Nc1ccccc1C(=O)OCC(=O)N(CCC#N)c1ccc(F)cc1. The first-order valence-electron chi connectivity index (χ1n) is 10.6. The number of halogens is 2. The van der Waals surface area contributed by atoms with Crippen molar-refractivity contribution < 1.29 is 31.5 Å². The van der Waals surface area contributed by atoms with Crippen LogP contribution < -0.4 is 9.62 Å². The van der Waals surface area contributed by atoms with Gasteiger partial charge in [0.25, 0.3) is 15.9 Å². The van der Waals surface area contributed by atoms with Crippen molar-refractivity contribution in [1.82, 2.24) is 0 Å². The van der Waals surface area contributed by atoms with Gasteiger partial charge in [0.15, 0.2) is 6.61 Å². The summed E-state index contributed by atoms with van der Waals surface area (Å²) in [5.74, 6) is -2.74. The number of anilines is 2. The first-order chi connectivity index (χ1) is 17.1. The maximum atomic E-state index is 13.4. The summed E-state index contributed by atoms with van der Waals surface area (Å²) in [7, 11) is -4.17. The maximum Gasteiger partial charge on any atom is 0.340 e. The molecule has 1 amide bonds. The number of nitrogens with one attached hydrogen (secondary N) is 1. The molecule has 0 aliphatic heterocycles. The number of ether oxygens (including phenoxy) is 1. The minimum atomic E-state index is -4.17. The first kappa shape index (κ1) is 26.3. The molecular formula is C25H21F2N3O5S. The topological polar surface area (TPSA) is 117 Å². The molecule has 1 N–H and O–H groups in total. The van der Waals surface area contributed by atoms with Gasteiger partial charge < -0.3 is 9.64 Å². The lowest BCUT2D eigenvalue weighted by Crippen LogP contribution is -2.35. The van der Waals surface area contributed by atoms with E-state index in [1.54, 1.807) is 0 Å². The van der Waals surface area contributed by atoms with Crippen LogP contribution in [0.2, 0.25) is 0 Å². The Hall–Kier alpha value is -4.30. The fourth-order valence-corrected chi connectivity index (χ4v) is 4.64. The van der Waals surface area contributed by atoms with Crippen LogP contribution in [0, 0.1) is 29.9 Å². The summed E-state index contributed by atoms with van der Waals surface area (Å²) in [6.45, 7) is 0.717. The van der Waals surface area contributed by atoms with E-state index >= 15 is 0 Å². The number of carbonyl (C=O) groups excluding carboxylic acids is 2. The van der Waals surface area contributed by atoms with Gasteiger partial charge in [-0.25, -0.2) is 22.0 Å². The van der Waals surface area contributed by atoms with Gasteiger partial charge in [0.1, 0.15) is 11.6 Å². The molecule has 0 radical (unpaired) electrons. The standard InChI is InChI=1S/C25H21F2N3O5S/c1-17-15-19(27)9-12-23(17)36(33,34)29-22-6-3-2-5-21(22)25(32)35-16-24(31)30(14-4-13-28)20-10-7-18(26)8-11-20/h2-3,5-12,15,29H,4,14,16H2,1H3. The molecule has 3 rings (SSSR count). The number of carbonyl (C=O) groups is 2. The normalized spacial score (nSPS) is 10.8. The third kappa shape index (κ3) is 6.43. The Kier molecular flexibility index (Phi) is 8.34. The van der Waals surface area contributed by atoms with Gasteiger partial charge >= 0.3 is 5.97 Å². The van der Waals surface area contributed by atoms with Crippen LogP contribution in [-0.4, -0.2) is 33.4 Å². The summed E-state index contributed by atoms with van der Waals surface area (Å²) in [5, 5.41) is 8.88. The average molecular weight is 514 g/mol. The first-order valence-corrected chi connectivity index (χ1v) is 12.1. The smallest absolute Gasteiger partial charge is 0.340 e. The Bertz CT molecular complexity index is 1420. The van der Waals surface area contributed by atoms with Crippen LogP contribution in [0.1, 0.15) is 22.3 Å². The summed E-state index contributed by atoms with van der Waals surface area (Å²) in [5.41, 5.74) is 0.236. The molecular weight excluding hydrogens is 492 g/mol. The van der Waals surface area contributed by atoms with Gasteiger partial charge in [0.05, 0.1) is 28.6 Å². The maximum absolute atomic E-state index is 13.4. The summed E-state index contributed by atoms with van der Waals surface area (Å²) in [4.78, 5) is 26.5. The van der Waals surface area contributed by atoms with Gasteiger partial charge in [-0.05, 0) is 67.1 Å². The van der Waals surface area contributed by atoms with Crippen molar-refractivity contribution in [1.29, 1.82) is 5.26 Å². The largest absolute Gasteiger partial charge is 0.452 e. The number of rotatable bonds is 9. The Morgan fingerprint density at radius 3 is 2.36 bits per heavy atom. The lowest BCUT2D eigenvalue weighted by Gasteiger charge is -2.21. The van der Waals surface area contributed by atoms with Crippen molar-refractivity contribution in [3.8, 4) is 6.07 Å². The zero-order valence-electron chi connectivity index (χ0n) is 19.1. The Balaban J connectivity index is 1.76. The van der Waals surface area contributed by atoms with Crippen molar-refractivity contribution >= 4 is 33.3 Å².